The maximum atomic E-state index is 5.94. The fourth-order valence-electron chi connectivity index (χ4n) is 1.88. The number of aromatic nitrogens is 4. The lowest BCUT2D eigenvalue weighted by Crippen LogP contribution is -1.96. The number of rotatable bonds is 3. The molecule has 0 amide bonds. The van der Waals surface area contributed by atoms with Gasteiger partial charge in [-0.15, -0.1) is 11.3 Å². The highest BCUT2D eigenvalue weighted by atomic mass is 35.5. The van der Waals surface area contributed by atoms with Crippen molar-refractivity contribution < 1.29 is 0 Å². The molecule has 0 aromatic carbocycles. The summed E-state index contributed by atoms with van der Waals surface area (Å²) in [5.41, 5.74) is 2.01. The van der Waals surface area contributed by atoms with Crippen molar-refractivity contribution in [1.82, 2.24) is 19.9 Å². The Labute approximate surface area is 125 Å². The van der Waals surface area contributed by atoms with Gasteiger partial charge in [-0.3, -0.25) is 4.98 Å². The topological polar surface area (TPSA) is 51.6 Å². The van der Waals surface area contributed by atoms with Gasteiger partial charge in [-0.2, -0.15) is 0 Å². The average Bonchev–Trinajstić information content (AvgIpc) is 2.87. The molecule has 0 atom stereocenters. The van der Waals surface area contributed by atoms with Gasteiger partial charge >= 0.3 is 0 Å². The lowest BCUT2D eigenvalue weighted by atomic mass is 10.2. The third-order valence-corrected chi connectivity index (χ3v) is 3.95. The average molecular weight is 303 g/mol. The summed E-state index contributed by atoms with van der Waals surface area (Å²) in [6.45, 7) is 1.83. The van der Waals surface area contributed by atoms with Crippen LogP contribution in [0.3, 0.4) is 0 Å². The van der Waals surface area contributed by atoms with Crippen molar-refractivity contribution >= 4 is 22.9 Å². The predicted molar refractivity (Wildman–Crippen MR) is 79.9 cm³/mol. The molecule has 0 saturated heterocycles. The molecule has 4 nitrogen and oxygen atoms in total. The number of hydrogen-bond donors (Lipinski definition) is 0. The Kier molecular flexibility index (Phi) is 3.71. The molecule has 0 radical (unpaired) electrons. The summed E-state index contributed by atoms with van der Waals surface area (Å²) in [6.07, 6.45) is 6.11. The van der Waals surface area contributed by atoms with E-state index in [0.29, 0.717) is 17.4 Å². The number of halogens is 1. The van der Waals surface area contributed by atoms with Crippen molar-refractivity contribution in [1.29, 1.82) is 0 Å². The molecule has 0 fully saturated rings. The molecule has 0 aliphatic heterocycles. The van der Waals surface area contributed by atoms with Crippen molar-refractivity contribution in [3.63, 3.8) is 0 Å². The molecule has 100 valence electrons. The van der Waals surface area contributed by atoms with Crippen molar-refractivity contribution in [2.24, 2.45) is 0 Å². The predicted octanol–water partition coefficient (Wildman–Crippen LogP) is 3.55. The van der Waals surface area contributed by atoms with Crippen LogP contribution in [0.25, 0.3) is 10.4 Å². The van der Waals surface area contributed by atoms with Crippen molar-refractivity contribution in [2.45, 2.75) is 13.3 Å². The zero-order chi connectivity index (χ0) is 13.9. The third-order valence-electron chi connectivity index (χ3n) is 2.71. The van der Waals surface area contributed by atoms with Gasteiger partial charge in [-0.05, 0) is 30.7 Å². The molecule has 3 aromatic rings. The van der Waals surface area contributed by atoms with Gasteiger partial charge in [0.2, 0.25) is 0 Å². The molecule has 3 rings (SSSR count). The van der Waals surface area contributed by atoms with Gasteiger partial charge in [0, 0.05) is 25.0 Å². The van der Waals surface area contributed by atoms with Crippen LogP contribution < -0.4 is 0 Å². The van der Waals surface area contributed by atoms with Gasteiger partial charge in [-0.25, -0.2) is 15.0 Å². The Morgan fingerprint density at radius 1 is 1.20 bits per heavy atom. The number of nitrogens with zero attached hydrogens (tertiary/aromatic N) is 4. The smallest absolute Gasteiger partial charge is 0.133 e. The van der Waals surface area contributed by atoms with E-state index in [1.54, 1.807) is 29.8 Å². The Balaban J connectivity index is 1.84. The molecule has 0 saturated carbocycles. The molecule has 20 heavy (non-hydrogen) atoms. The molecule has 3 heterocycles. The van der Waals surface area contributed by atoms with E-state index in [1.165, 1.54) is 0 Å². The molecule has 0 aliphatic rings. The molecular formula is C14H11ClN4S. The SMILES string of the molecule is Cc1nc(Cl)cc(Cc2ncc(-c3ccncc3)s2)n1. The zero-order valence-electron chi connectivity index (χ0n) is 10.7. The molecule has 3 aromatic heterocycles. The van der Waals surface area contributed by atoms with E-state index in [-0.39, 0.29) is 0 Å². The van der Waals surface area contributed by atoms with E-state index in [0.717, 1.165) is 21.1 Å². The summed E-state index contributed by atoms with van der Waals surface area (Å²) in [5.74, 6) is 0.679. The minimum Gasteiger partial charge on any atom is -0.265 e. The van der Waals surface area contributed by atoms with Gasteiger partial charge in [-0.1, -0.05) is 11.6 Å². The van der Waals surface area contributed by atoms with E-state index in [9.17, 15) is 0 Å². The zero-order valence-corrected chi connectivity index (χ0v) is 12.3. The van der Waals surface area contributed by atoms with Crippen LogP contribution in [0.15, 0.2) is 36.8 Å². The Morgan fingerprint density at radius 3 is 2.75 bits per heavy atom. The third kappa shape index (κ3) is 3.00. The summed E-state index contributed by atoms with van der Waals surface area (Å²) in [5, 5.41) is 1.48. The number of aryl methyl sites for hydroxylation is 1. The fourth-order valence-corrected chi connectivity index (χ4v) is 3.06. The van der Waals surface area contributed by atoms with E-state index >= 15 is 0 Å². The maximum Gasteiger partial charge on any atom is 0.133 e. The van der Waals surface area contributed by atoms with Crippen LogP contribution in [0.5, 0.6) is 0 Å². The largest absolute Gasteiger partial charge is 0.265 e. The Bertz CT molecular complexity index is 707. The second-order valence-electron chi connectivity index (χ2n) is 4.26. The molecule has 0 bridgehead atoms. The lowest BCUT2D eigenvalue weighted by molar-refractivity contribution is 0.961. The van der Waals surface area contributed by atoms with E-state index in [2.05, 4.69) is 19.9 Å². The van der Waals surface area contributed by atoms with Crippen molar-refractivity contribution in [3.05, 3.63) is 58.5 Å². The second kappa shape index (κ2) is 5.64. The highest BCUT2D eigenvalue weighted by molar-refractivity contribution is 7.15. The Hall–Kier alpha value is -1.85. The van der Waals surface area contributed by atoms with Gasteiger partial charge in [0.1, 0.15) is 11.0 Å². The molecule has 0 aliphatic carbocycles. The lowest BCUT2D eigenvalue weighted by Gasteiger charge is -2.00. The first-order valence-corrected chi connectivity index (χ1v) is 7.25. The molecule has 0 unspecified atom stereocenters. The summed E-state index contributed by atoms with van der Waals surface area (Å²) in [6, 6.07) is 5.73. The molecule has 6 heteroatoms. The number of hydrogen-bond acceptors (Lipinski definition) is 5. The highest BCUT2D eigenvalue weighted by Crippen LogP contribution is 2.26. The number of thiazole rings is 1. The van der Waals surface area contributed by atoms with Crippen LogP contribution in [0.1, 0.15) is 16.5 Å². The standard InChI is InChI=1S/C14H11ClN4S/c1-9-18-11(6-13(15)19-9)7-14-17-8-12(20-14)10-2-4-16-5-3-10/h2-6,8H,7H2,1H3. The van der Waals surface area contributed by atoms with Crippen LogP contribution in [0.4, 0.5) is 0 Å². The first-order valence-electron chi connectivity index (χ1n) is 6.06. The van der Waals surface area contributed by atoms with Crippen molar-refractivity contribution in [2.75, 3.05) is 0 Å². The van der Waals surface area contributed by atoms with Crippen LogP contribution >= 0.6 is 22.9 Å². The summed E-state index contributed by atoms with van der Waals surface area (Å²) < 4.78 is 0. The summed E-state index contributed by atoms with van der Waals surface area (Å²) in [7, 11) is 0. The summed E-state index contributed by atoms with van der Waals surface area (Å²) in [4.78, 5) is 18.0. The minimum absolute atomic E-state index is 0.471. The summed E-state index contributed by atoms with van der Waals surface area (Å²) >= 11 is 7.59. The maximum absolute atomic E-state index is 5.94. The number of pyridine rings is 1. The van der Waals surface area contributed by atoms with Gasteiger partial charge in [0.05, 0.1) is 15.6 Å². The molecule has 0 spiro atoms. The Morgan fingerprint density at radius 2 is 2.00 bits per heavy atom. The van der Waals surface area contributed by atoms with Gasteiger partial charge in [0.25, 0.3) is 0 Å². The quantitative estimate of drug-likeness (QED) is 0.694. The normalized spacial score (nSPS) is 10.7. The monoisotopic (exact) mass is 302 g/mol. The van der Waals surface area contributed by atoms with Crippen molar-refractivity contribution in [3.8, 4) is 10.4 Å². The van der Waals surface area contributed by atoms with Crippen LogP contribution in [-0.2, 0) is 6.42 Å². The first-order chi connectivity index (χ1) is 9.70. The van der Waals surface area contributed by atoms with Gasteiger partial charge < -0.3 is 0 Å². The fraction of sp³-hybridized carbons (Fsp3) is 0.143. The second-order valence-corrected chi connectivity index (χ2v) is 5.76. The van der Waals surface area contributed by atoms with E-state index in [1.807, 2.05) is 25.3 Å². The molecule has 0 N–H and O–H groups in total. The minimum atomic E-state index is 0.471. The van der Waals surface area contributed by atoms with Gasteiger partial charge in [0.15, 0.2) is 0 Å². The van der Waals surface area contributed by atoms with E-state index < -0.39 is 0 Å². The van der Waals surface area contributed by atoms with E-state index in [4.69, 9.17) is 11.6 Å². The highest BCUT2D eigenvalue weighted by Gasteiger charge is 2.07. The molecular weight excluding hydrogens is 292 g/mol. The van der Waals surface area contributed by atoms with Crippen LogP contribution in [0.2, 0.25) is 5.15 Å². The van der Waals surface area contributed by atoms with Crippen LogP contribution in [-0.4, -0.2) is 19.9 Å². The first kappa shape index (κ1) is 13.1. The van der Waals surface area contributed by atoms with Crippen LogP contribution in [0, 0.1) is 6.92 Å².